The van der Waals surface area contributed by atoms with E-state index in [1.54, 1.807) is 39.0 Å². The van der Waals surface area contributed by atoms with Gasteiger partial charge in [-0.3, -0.25) is 0 Å². The van der Waals surface area contributed by atoms with Gasteiger partial charge < -0.3 is 14.6 Å². The number of carbonyl (C=O) groups excluding carboxylic acids is 1. The van der Waals surface area contributed by atoms with E-state index in [1.165, 1.54) is 0 Å². The minimum absolute atomic E-state index is 0.307. The molecule has 0 aromatic heterocycles. The van der Waals surface area contributed by atoms with Gasteiger partial charge in [-0.1, -0.05) is 17.7 Å². The molecule has 0 aliphatic carbocycles. The highest BCUT2D eigenvalue weighted by atomic mass is 35.5. The summed E-state index contributed by atoms with van der Waals surface area (Å²) in [5, 5.41) is 9.76. The third kappa shape index (κ3) is 3.89. The predicted octanol–water partition coefficient (Wildman–Crippen LogP) is 2.72. The fraction of sp³-hybridized carbons (Fsp3) is 0.462. The van der Waals surface area contributed by atoms with Gasteiger partial charge in [-0.2, -0.15) is 0 Å². The summed E-state index contributed by atoms with van der Waals surface area (Å²) < 4.78 is 10.2. The molecule has 0 heterocycles. The standard InChI is InChI=1S/C13H17ClO4/c1-4-17-13(16)9(3)18-12-6-5-10(8(2)15)7-11(12)14/h5-9,15H,4H2,1-3H3/t8-,9?/m0/s1. The summed E-state index contributed by atoms with van der Waals surface area (Å²) >= 11 is 6.01. The predicted molar refractivity (Wildman–Crippen MR) is 68.8 cm³/mol. The lowest BCUT2D eigenvalue weighted by Gasteiger charge is -2.15. The molecule has 0 saturated carbocycles. The van der Waals surface area contributed by atoms with Crippen LogP contribution in [0, 0.1) is 0 Å². The Kier molecular flexibility index (Phi) is 5.44. The van der Waals surface area contributed by atoms with E-state index in [2.05, 4.69) is 0 Å². The highest BCUT2D eigenvalue weighted by Crippen LogP contribution is 2.28. The van der Waals surface area contributed by atoms with Gasteiger partial charge in [0.1, 0.15) is 5.75 Å². The second-order valence-corrected chi connectivity index (χ2v) is 4.29. The Morgan fingerprint density at radius 1 is 1.44 bits per heavy atom. The minimum Gasteiger partial charge on any atom is -0.477 e. The summed E-state index contributed by atoms with van der Waals surface area (Å²) in [4.78, 5) is 11.4. The molecule has 1 unspecified atom stereocenters. The number of benzene rings is 1. The summed E-state index contributed by atoms with van der Waals surface area (Å²) in [6.07, 6.45) is -1.32. The maximum absolute atomic E-state index is 11.4. The van der Waals surface area contributed by atoms with Crippen LogP contribution in [0.25, 0.3) is 0 Å². The Bertz CT molecular complexity index is 417. The Labute approximate surface area is 111 Å². The van der Waals surface area contributed by atoms with Crippen LogP contribution < -0.4 is 4.74 Å². The molecule has 100 valence electrons. The SMILES string of the molecule is CCOC(=O)C(C)Oc1ccc([C@H](C)O)cc1Cl. The fourth-order valence-electron chi connectivity index (χ4n) is 1.37. The van der Waals surface area contributed by atoms with Crippen molar-refractivity contribution in [3.63, 3.8) is 0 Å². The van der Waals surface area contributed by atoms with Crippen molar-refractivity contribution in [1.29, 1.82) is 0 Å². The Hall–Kier alpha value is -1.26. The third-order valence-corrected chi connectivity index (χ3v) is 2.66. The van der Waals surface area contributed by atoms with Crippen LogP contribution in [0.15, 0.2) is 18.2 Å². The molecule has 0 amide bonds. The third-order valence-electron chi connectivity index (χ3n) is 2.36. The molecule has 5 heteroatoms. The molecule has 1 aromatic rings. The van der Waals surface area contributed by atoms with Crippen LogP contribution in [0.3, 0.4) is 0 Å². The first-order valence-electron chi connectivity index (χ1n) is 5.76. The Morgan fingerprint density at radius 3 is 2.61 bits per heavy atom. The van der Waals surface area contributed by atoms with Crippen molar-refractivity contribution in [3.8, 4) is 5.75 Å². The molecular formula is C13H17ClO4. The molecule has 0 aliphatic heterocycles. The van der Waals surface area contributed by atoms with Crippen LogP contribution in [0.2, 0.25) is 5.02 Å². The second-order valence-electron chi connectivity index (χ2n) is 3.88. The molecule has 1 aromatic carbocycles. The summed E-state index contributed by atoms with van der Waals surface area (Å²) in [6.45, 7) is 5.28. The highest BCUT2D eigenvalue weighted by molar-refractivity contribution is 6.32. The molecule has 1 N–H and O–H groups in total. The first-order valence-corrected chi connectivity index (χ1v) is 6.14. The molecule has 18 heavy (non-hydrogen) atoms. The van der Waals surface area contributed by atoms with Crippen LogP contribution in [0.4, 0.5) is 0 Å². The first-order chi connectivity index (χ1) is 8.45. The number of esters is 1. The van der Waals surface area contributed by atoms with E-state index in [0.717, 1.165) is 0 Å². The average Bonchev–Trinajstić information content (AvgIpc) is 2.31. The molecular weight excluding hydrogens is 256 g/mol. The van der Waals surface area contributed by atoms with Crippen LogP contribution >= 0.6 is 11.6 Å². The Morgan fingerprint density at radius 2 is 2.11 bits per heavy atom. The van der Waals surface area contributed by atoms with Crippen LogP contribution in [0.1, 0.15) is 32.4 Å². The van der Waals surface area contributed by atoms with Crippen LogP contribution in [-0.4, -0.2) is 23.8 Å². The zero-order chi connectivity index (χ0) is 13.7. The van der Waals surface area contributed by atoms with Crippen molar-refractivity contribution in [2.75, 3.05) is 6.61 Å². The van der Waals surface area contributed by atoms with Crippen molar-refractivity contribution in [2.24, 2.45) is 0 Å². The topological polar surface area (TPSA) is 55.8 Å². The number of aliphatic hydroxyl groups is 1. The van der Waals surface area contributed by atoms with Crippen LogP contribution in [-0.2, 0) is 9.53 Å². The Balaban J connectivity index is 2.76. The number of rotatable bonds is 5. The van der Waals surface area contributed by atoms with Gasteiger partial charge in [-0.15, -0.1) is 0 Å². The molecule has 0 radical (unpaired) electrons. The molecule has 0 saturated heterocycles. The van der Waals surface area contributed by atoms with Gasteiger partial charge in [0.05, 0.1) is 17.7 Å². The largest absolute Gasteiger partial charge is 0.477 e. The molecule has 1 rings (SSSR count). The van der Waals surface area contributed by atoms with Crippen molar-refractivity contribution in [2.45, 2.75) is 33.0 Å². The number of aliphatic hydroxyl groups excluding tert-OH is 1. The van der Waals surface area contributed by atoms with Gasteiger partial charge >= 0.3 is 5.97 Å². The van der Waals surface area contributed by atoms with Gasteiger partial charge in [0.25, 0.3) is 0 Å². The van der Waals surface area contributed by atoms with Gasteiger partial charge in [0.2, 0.25) is 0 Å². The van der Waals surface area contributed by atoms with Crippen molar-refractivity contribution < 1.29 is 19.4 Å². The highest BCUT2D eigenvalue weighted by Gasteiger charge is 2.17. The van der Waals surface area contributed by atoms with E-state index < -0.39 is 18.2 Å². The summed E-state index contributed by atoms with van der Waals surface area (Å²) in [5.74, 6) is -0.0465. The second kappa shape index (κ2) is 6.61. The fourth-order valence-corrected chi connectivity index (χ4v) is 1.60. The molecule has 2 atom stereocenters. The molecule has 0 fully saturated rings. The molecule has 0 spiro atoms. The zero-order valence-electron chi connectivity index (χ0n) is 10.6. The molecule has 0 bridgehead atoms. The number of hydrogen-bond acceptors (Lipinski definition) is 4. The molecule has 0 aliphatic rings. The van der Waals surface area contributed by atoms with E-state index in [9.17, 15) is 9.90 Å². The van der Waals surface area contributed by atoms with Crippen LogP contribution in [0.5, 0.6) is 5.75 Å². The van der Waals surface area contributed by atoms with Gasteiger partial charge in [0.15, 0.2) is 6.10 Å². The lowest BCUT2D eigenvalue weighted by molar-refractivity contribution is -0.150. The van der Waals surface area contributed by atoms with E-state index in [1.807, 2.05) is 0 Å². The number of halogens is 1. The smallest absolute Gasteiger partial charge is 0.347 e. The van der Waals surface area contributed by atoms with E-state index in [-0.39, 0.29) is 0 Å². The lowest BCUT2D eigenvalue weighted by Crippen LogP contribution is -2.26. The van der Waals surface area contributed by atoms with Gasteiger partial charge in [0, 0.05) is 0 Å². The van der Waals surface area contributed by atoms with Crippen molar-refractivity contribution in [3.05, 3.63) is 28.8 Å². The number of hydrogen-bond donors (Lipinski definition) is 1. The normalized spacial score (nSPS) is 13.8. The lowest BCUT2D eigenvalue weighted by atomic mass is 10.1. The van der Waals surface area contributed by atoms with E-state index >= 15 is 0 Å². The number of ether oxygens (including phenoxy) is 2. The summed E-state index contributed by atoms with van der Waals surface area (Å²) in [5.41, 5.74) is 0.691. The maximum Gasteiger partial charge on any atom is 0.347 e. The zero-order valence-corrected chi connectivity index (χ0v) is 11.4. The van der Waals surface area contributed by atoms with Gasteiger partial charge in [-0.25, -0.2) is 4.79 Å². The maximum atomic E-state index is 11.4. The quantitative estimate of drug-likeness (QED) is 0.838. The number of carbonyl (C=O) groups is 1. The summed E-state index contributed by atoms with van der Waals surface area (Å²) in [7, 11) is 0. The summed E-state index contributed by atoms with van der Waals surface area (Å²) in [6, 6.07) is 4.93. The van der Waals surface area contributed by atoms with E-state index in [4.69, 9.17) is 21.1 Å². The first kappa shape index (κ1) is 14.8. The van der Waals surface area contributed by atoms with Crippen molar-refractivity contribution in [1.82, 2.24) is 0 Å². The average molecular weight is 273 g/mol. The molecule has 4 nitrogen and oxygen atoms in total. The van der Waals surface area contributed by atoms with Gasteiger partial charge in [-0.05, 0) is 38.5 Å². The monoisotopic (exact) mass is 272 g/mol. The minimum atomic E-state index is -0.722. The van der Waals surface area contributed by atoms with Crippen molar-refractivity contribution >= 4 is 17.6 Å². The van der Waals surface area contributed by atoms with E-state index in [0.29, 0.717) is 22.9 Å².